The van der Waals surface area contributed by atoms with Gasteiger partial charge in [0.2, 0.25) is 0 Å². The molecule has 3 aromatic rings. The van der Waals surface area contributed by atoms with E-state index < -0.39 is 0 Å². The van der Waals surface area contributed by atoms with Crippen molar-refractivity contribution in [3.05, 3.63) is 60.6 Å². The van der Waals surface area contributed by atoms with Gasteiger partial charge in [-0.15, -0.1) is 0 Å². The van der Waals surface area contributed by atoms with E-state index in [1.807, 2.05) is 24.3 Å². The molecule has 2 heterocycles. The van der Waals surface area contributed by atoms with E-state index in [1.165, 1.54) is 0 Å². The SMILES string of the molecule is CCC(C)c1cc(-c2ccccc2)c(-c2ccno2)[c]n1. The molecule has 1 radical (unpaired) electrons. The minimum Gasteiger partial charge on any atom is -0.356 e. The molecule has 1 unspecified atom stereocenters. The molecule has 0 saturated carbocycles. The maximum absolute atomic E-state index is 5.29. The Bertz CT molecular complexity index is 705. The van der Waals surface area contributed by atoms with Crippen LogP contribution in [0.25, 0.3) is 22.5 Å². The smallest absolute Gasteiger partial charge is 0.169 e. The van der Waals surface area contributed by atoms with Crippen LogP contribution in [0.2, 0.25) is 0 Å². The minimum atomic E-state index is 0.410. The van der Waals surface area contributed by atoms with E-state index in [9.17, 15) is 0 Å². The lowest BCUT2D eigenvalue weighted by atomic mass is 9.95. The van der Waals surface area contributed by atoms with Crippen LogP contribution in [-0.2, 0) is 0 Å². The Hall–Kier alpha value is -2.42. The molecule has 0 aliphatic carbocycles. The third kappa shape index (κ3) is 2.72. The van der Waals surface area contributed by atoms with E-state index in [0.717, 1.165) is 28.8 Å². The van der Waals surface area contributed by atoms with E-state index in [0.29, 0.717) is 11.7 Å². The number of hydrogen-bond donors (Lipinski definition) is 0. The largest absolute Gasteiger partial charge is 0.356 e. The van der Waals surface area contributed by atoms with Crippen LogP contribution in [0.4, 0.5) is 0 Å². The Morgan fingerprint density at radius 2 is 2.00 bits per heavy atom. The molecule has 0 aliphatic rings. The van der Waals surface area contributed by atoms with Crippen molar-refractivity contribution in [1.82, 2.24) is 10.1 Å². The van der Waals surface area contributed by atoms with Crippen LogP contribution in [0.1, 0.15) is 31.9 Å². The zero-order valence-electron chi connectivity index (χ0n) is 12.2. The maximum Gasteiger partial charge on any atom is 0.169 e. The first-order chi connectivity index (χ1) is 10.3. The van der Waals surface area contributed by atoms with Gasteiger partial charge < -0.3 is 4.52 Å². The quantitative estimate of drug-likeness (QED) is 0.692. The van der Waals surface area contributed by atoms with Crippen LogP contribution in [0.3, 0.4) is 0 Å². The molecule has 0 fully saturated rings. The standard InChI is InChI=1S/C18H17N2O/c1-3-13(2)17-11-15(14-7-5-4-6-8-14)16(12-19-17)18-9-10-20-21-18/h4-11,13H,3H2,1-2H3. The highest BCUT2D eigenvalue weighted by molar-refractivity contribution is 5.80. The molecule has 3 rings (SSSR count). The second kappa shape index (κ2) is 5.92. The van der Waals surface area contributed by atoms with Gasteiger partial charge in [-0.2, -0.15) is 0 Å². The molecule has 0 spiro atoms. The van der Waals surface area contributed by atoms with Gasteiger partial charge in [-0.1, -0.05) is 49.3 Å². The van der Waals surface area contributed by atoms with Crippen LogP contribution in [0.15, 0.2) is 53.2 Å². The fourth-order valence-corrected chi connectivity index (χ4v) is 2.27. The maximum atomic E-state index is 5.29. The average Bonchev–Trinajstić information content (AvgIpc) is 3.08. The Kier molecular flexibility index (Phi) is 3.82. The number of benzene rings is 1. The lowest BCUT2D eigenvalue weighted by molar-refractivity contribution is 0.432. The third-order valence-electron chi connectivity index (χ3n) is 3.74. The molecule has 3 heteroatoms. The zero-order chi connectivity index (χ0) is 14.7. The first-order valence-corrected chi connectivity index (χ1v) is 7.18. The summed E-state index contributed by atoms with van der Waals surface area (Å²) in [6, 6.07) is 14.2. The summed E-state index contributed by atoms with van der Waals surface area (Å²) in [5.74, 6) is 1.10. The molecule has 0 saturated heterocycles. The highest BCUT2D eigenvalue weighted by Gasteiger charge is 2.15. The zero-order valence-corrected chi connectivity index (χ0v) is 12.2. The van der Waals surface area contributed by atoms with Crippen molar-refractivity contribution in [2.24, 2.45) is 0 Å². The lowest BCUT2D eigenvalue weighted by Crippen LogP contribution is -1.98. The van der Waals surface area contributed by atoms with E-state index >= 15 is 0 Å². The summed E-state index contributed by atoms with van der Waals surface area (Å²) in [5, 5.41) is 3.78. The van der Waals surface area contributed by atoms with Crippen molar-refractivity contribution in [2.45, 2.75) is 26.2 Å². The fourth-order valence-electron chi connectivity index (χ4n) is 2.27. The summed E-state index contributed by atoms with van der Waals surface area (Å²) in [5.41, 5.74) is 4.12. The van der Waals surface area contributed by atoms with Gasteiger partial charge in [-0.3, -0.25) is 4.98 Å². The number of aromatic nitrogens is 2. The summed E-state index contributed by atoms with van der Waals surface area (Å²) in [7, 11) is 0. The van der Waals surface area contributed by atoms with Gasteiger partial charge in [0.05, 0.1) is 11.8 Å². The first-order valence-electron chi connectivity index (χ1n) is 7.18. The minimum absolute atomic E-state index is 0.410. The highest BCUT2D eigenvalue weighted by Crippen LogP contribution is 2.33. The van der Waals surface area contributed by atoms with E-state index in [-0.39, 0.29) is 0 Å². The average molecular weight is 277 g/mol. The molecule has 1 aromatic carbocycles. The topological polar surface area (TPSA) is 38.9 Å². The normalized spacial score (nSPS) is 12.3. The van der Waals surface area contributed by atoms with Crippen molar-refractivity contribution >= 4 is 0 Å². The Morgan fingerprint density at radius 1 is 1.19 bits per heavy atom. The molecule has 105 valence electrons. The molecule has 1 atom stereocenters. The lowest BCUT2D eigenvalue weighted by Gasteiger charge is -2.12. The summed E-state index contributed by atoms with van der Waals surface area (Å²) >= 11 is 0. The molecule has 2 aromatic heterocycles. The summed E-state index contributed by atoms with van der Waals surface area (Å²) in [4.78, 5) is 4.48. The second-order valence-electron chi connectivity index (χ2n) is 5.13. The number of nitrogens with zero attached hydrogens (tertiary/aromatic N) is 2. The Labute approximate surface area is 124 Å². The van der Waals surface area contributed by atoms with E-state index in [2.05, 4.69) is 48.4 Å². The highest BCUT2D eigenvalue weighted by atomic mass is 16.5. The van der Waals surface area contributed by atoms with Gasteiger partial charge in [-0.25, -0.2) is 0 Å². The predicted octanol–water partition coefficient (Wildman–Crippen LogP) is 4.72. The van der Waals surface area contributed by atoms with Crippen molar-refractivity contribution in [2.75, 3.05) is 0 Å². The van der Waals surface area contributed by atoms with Gasteiger partial charge in [-0.05, 0) is 29.5 Å². The van der Waals surface area contributed by atoms with Gasteiger partial charge in [0.1, 0.15) is 6.20 Å². The van der Waals surface area contributed by atoms with Gasteiger partial charge in [0, 0.05) is 11.8 Å². The predicted molar refractivity (Wildman–Crippen MR) is 82.7 cm³/mol. The van der Waals surface area contributed by atoms with E-state index in [4.69, 9.17) is 4.52 Å². The van der Waals surface area contributed by atoms with E-state index in [1.54, 1.807) is 6.20 Å². The van der Waals surface area contributed by atoms with Gasteiger partial charge in [0.15, 0.2) is 5.76 Å². The van der Waals surface area contributed by atoms with Crippen molar-refractivity contribution < 1.29 is 4.52 Å². The van der Waals surface area contributed by atoms with Gasteiger partial charge in [0.25, 0.3) is 0 Å². The monoisotopic (exact) mass is 277 g/mol. The molecule has 0 amide bonds. The molecular formula is C18H17N2O. The molecule has 21 heavy (non-hydrogen) atoms. The molecule has 0 aliphatic heterocycles. The number of pyridine rings is 1. The summed E-state index contributed by atoms with van der Waals surface area (Å²) in [6.45, 7) is 4.35. The van der Waals surface area contributed by atoms with Crippen LogP contribution in [0, 0.1) is 6.20 Å². The Morgan fingerprint density at radius 3 is 2.67 bits per heavy atom. The molecular weight excluding hydrogens is 260 g/mol. The number of rotatable bonds is 4. The molecule has 0 N–H and O–H groups in total. The summed E-state index contributed by atoms with van der Waals surface area (Å²) < 4.78 is 5.29. The van der Waals surface area contributed by atoms with Crippen molar-refractivity contribution in [3.8, 4) is 22.5 Å². The Balaban J connectivity index is 2.17. The fraction of sp³-hybridized carbons (Fsp3) is 0.222. The molecule has 3 nitrogen and oxygen atoms in total. The van der Waals surface area contributed by atoms with Crippen molar-refractivity contribution in [1.29, 1.82) is 0 Å². The van der Waals surface area contributed by atoms with Crippen LogP contribution < -0.4 is 0 Å². The first kappa shape index (κ1) is 13.6. The third-order valence-corrected chi connectivity index (χ3v) is 3.74. The van der Waals surface area contributed by atoms with Crippen LogP contribution in [-0.4, -0.2) is 10.1 Å². The van der Waals surface area contributed by atoms with Crippen LogP contribution >= 0.6 is 0 Å². The summed E-state index contributed by atoms with van der Waals surface area (Å²) in [6.07, 6.45) is 5.83. The van der Waals surface area contributed by atoms with Crippen molar-refractivity contribution in [3.63, 3.8) is 0 Å². The second-order valence-corrected chi connectivity index (χ2v) is 5.13. The number of hydrogen-bond acceptors (Lipinski definition) is 3. The van der Waals surface area contributed by atoms with Gasteiger partial charge >= 0.3 is 0 Å². The van der Waals surface area contributed by atoms with Crippen LogP contribution in [0.5, 0.6) is 0 Å². The molecule has 0 bridgehead atoms.